The van der Waals surface area contributed by atoms with Crippen molar-refractivity contribution in [3.05, 3.63) is 131 Å². The third kappa shape index (κ3) is 5.92. The van der Waals surface area contributed by atoms with Gasteiger partial charge in [0.2, 0.25) is 5.88 Å². The van der Waals surface area contributed by atoms with Crippen LogP contribution in [-0.2, 0) is 6.61 Å². The first-order chi connectivity index (χ1) is 19.6. The van der Waals surface area contributed by atoms with Crippen LogP contribution in [0, 0.1) is 11.3 Å². The van der Waals surface area contributed by atoms with Crippen molar-refractivity contribution < 1.29 is 23.7 Å². The van der Waals surface area contributed by atoms with E-state index in [0.29, 0.717) is 47.3 Å². The molecule has 1 heterocycles. The topological polar surface area (TPSA) is 104 Å². The molecule has 0 aliphatic carbocycles. The SMILES string of the molecule is CCCOc1ccc(C(=O)Oc2ccc3c(c2)OC(N)=C(C#N)C3c2ccc(OCc3ccccc3)cc2)cc1. The van der Waals surface area contributed by atoms with Gasteiger partial charge in [0.25, 0.3) is 0 Å². The molecule has 4 aromatic rings. The number of hydrogen-bond acceptors (Lipinski definition) is 7. The van der Waals surface area contributed by atoms with Gasteiger partial charge >= 0.3 is 5.97 Å². The molecule has 1 atom stereocenters. The number of nitriles is 1. The lowest BCUT2D eigenvalue weighted by atomic mass is 9.83. The van der Waals surface area contributed by atoms with Gasteiger partial charge in [-0.2, -0.15) is 5.26 Å². The van der Waals surface area contributed by atoms with Gasteiger partial charge in [0.1, 0.15) is 41.2 Å². The normalized spacial score (nSPS) is 13.9. The Hall–Kier alpha value is -5.22. The van der Waals surface area contributed by atoms with Gasteiger partial charge in [-0.25, -0.2) is 4.79 Å². The van der Waals surface area contributed by atoms with Crippen molar-refractivity contribution >= 4 is 5.97 Å². The third-order valence-corrected chi connectivity index (χ3v) is 6.43. The zero-order chi connectivity index (χ0) is 27.9. The van der Waals surface area contributed by atoms with Crippen molar-refractivity contribution in [1.82, 2.24) is 0 Å². The molecule has 5 rings (SSSR count). The molecule has 4 aromatic carbocycles. The molecule has 200 valence electrons. The van der Waals surface area contributed by atoms with Gasteiger partial charge in [-0.1, -0.05) is 55.5 Å². The van der Waals surface area contributed by atoms with E-state index < -0.39 is 11.9 Å². The lowest BCUT2D eigenvalue weighted by Crippen LogP contribution is -2.21. The van der Waals surface area contributed by atoms with Crippen molar-refractivity contribution in [2.24, 2.45) is 5.73 Å². The Morgan fingerprint density at radius 3 is 2.27 bits per heavy atom. The van der Waals surface area contributed by atoms with Crippen molar-refractivity contribution in [1.29, 1.82) is 5.26 Å². The molecule has 7 heteroatoms. The number of esters is 1. The maximum atomic E-state index is 12.7. The molecule has 7 nitrogen and oxygen atoms in total. The van der Waals surface area contributed by atoms with Crippen LogP contribution >= 0.6 is 0 Å². The van der Waals surface area contributed by atoms with Crippen LogP contribution < -0.4 is 24.7 Å². The third-order valence-electron chi connectivity index (χ3n) is 6.43. The van der Waals surface area contributed by atoms with E-state index in [1.165, 1.54) is 0 Å². The van der Waals surface area contributed by atoms with Crippen molar-refractivity contribution in [2.45, 2.75) is 25.9 Å². The van der Waals surface area contributed by atoms with E-state index in [4.69, 9.17) is 24.7 Å². The first-order valence-corrected chi connectivity index (χ1v) is 13.0. The van der Waals surface area contributed by atoms with Crippen molar-refractivity contribution in [2.75, 3.05) is 6.61 Å². The van der Waals surface area contributed by atoms with Gasteiger partial charge in [0, 0.05) is 11.6 Å². The summed E-state index contributed by atoms with van der Waals surface area (Å²) in [7, 11) is 0. The monoisotopic (exact) mass is 532 g/mol. The summed E-state index contributed by atoms with van der Waals surface area (Å²) in [6.07, 6.45) is 0.898. The lowest BCUT2D eigenvalue weighted by molar-refractivity contribution is 0.0734. The van der Waals surface area contributed by atoms with Gasteiger partial charge in [-0.15, -0.1) is 0 Å². The number of ether oxygens (including phenoxy) is 4. The van der Waals surface area contributed by atoms with E-state index in [-0.39, 0.29) is 5.88 Å². The molecule has 0 aromatic heterocycles. The average Bonchev–Trinajstić information content (AvgIpc) is 2.99. The summed E-state index contributed by atoms with van der Waals surface area (Å²) in [6, 6.07) is 31.5. The van der Waals surface area contributed by atoms with Crippen molar-refractivity contribution in [3.8, 4) is 29.1 Å². The standard InChI is InChI=1S/C33H28N2O5/c1-2-18-37-25-14-10-24(11-15-25)33(36)39-27-16-17-28-30(19-27)40-32(35)29(20-34)31(28)23-8-12-26(13-9-23)38-21-22-6-4-3-5-7-22/h3-17,19,31H,2,18,21,35H2,1H3. The second-order valence-electron chi connectivity index (χ2n) is 9.23. The number of rotatable bonds is 9. The fourth-order valence-electron chi connectivity index (χ4n) is 4.41. The number of hydrogen-bond donors (Lipinski definition) is 1. The maximum absolute atomic E-state index is 12.7. The molecule has 1 aliphatic rings. The molecule has 0 spiro atoms. The van der Waals surface area contributed by atoms with Crippen molar-refractivity contribution in [3.63, 3.8) is 0 Å². The van der Waals surface area contributed by atoms with Gasteiger partial charge in [-0.3, -0.25) is 0 Å². The second-order valence-corrected chi connectivity index (χ2v) is 9.23. The molecule has 0 saturated carbocycles. The Balaban J connectivity index is 1.33. The molecule has 1 unspecified atom stereocenters. The first-order valence-electron chi connectivity index (χ1n) is 13.0. The number of nitrogens with two attached hydrogens (primary N) is 1. The highest BCUT2D eigenvalue weighted by Crippen LogP contribution is 2.43. The molecule has 1 aliphatic heterocycles. The predicted molar refractivity (Wildman–Crippen MR) is 150 cm³/mol. The average molecular weight is 533 g/mol. The van der Waals surface area contributed by atoms with Crippen LogP contribution in [-0.4, -0.2) is 12.6 Å². The van der Waals surface area contributed by atoms with Gasteiger partial charge in [0.05, 0.1) is 18.1 Å². The molecule has 0 saturated heterocycles. The number of carbonyl (C=O) groups is 1. The number of carbonyl (C=O) groups excluding carboxylic acids is 1. The van der Waals surface area contributed by atoms with Crippen LogP contribution in [0.4, 0.5) is 0 Å². The lowest BCUT2D eigenvalue weighted by Gasteiger charge is -2.26. The molecule has 2 N–H and O–H groups in total. The fraction of sp³-hybridized carbons (Fsp3) is 0.152. The number of nitrogens with zero attached hydrogens (tertiary/aromatic N) is 1. The number of benzene rings is 4. The van der Waals surface area contributed by atoms with Gasteiger partial charge in [-0.05, 0) is 60.0 Å². The zero-order valence-corrected chi connectivity index (χ0v) is 22.0. The van der Waals surface area contributed by atoms with E-state index in [0.717, 1.165) is 23.1 Å². The van der Waals surface area contributed by atoms with E-state index >= 15 is 0 Å². The molecular formula is C33H28N2O5. The summed E-state index contributed by atoms with van der Waals surface area (Å²) in [5.41, 5.74) is 9.51. The Morgan fingerprint density at radius 2 is 1.57 bits per heavy atom. The largest absolute Gasteiger partial charge is 0.494 e. The van der Waals surface area contributed by atoms with Gasteiger partial charge < -0.3 is 24.7 Å². The van der Waals surface area contributed by atoms with Crippen LogP contribution in [0.5, 0.6) is 23.0 Å². The van der Waals surface area contributed by atoms with E-state index in [9.17, 15) is 10.1 Å². The Labute approximate surface area is 233 Å². The first kappa shape index (κ1) is 26.4. The summed E-state index contributed by atoms with van der Waals surface area (Å²) in [4.78, 5) is 12.7. The van der Waals surface area contributed by atoms with E-state index in [1.54, 1.807) is 42.5 Å². The predicted octanol–water partition coefficient (Wildman–Crippen LogP) is 6.49. The molecule has 0 bridgehead atoms. The summed E-state index contributed by atoms with van der Waals surface area (Å²) in [5.74, 6) is 1.17. The minimum atomic E-state index is -0.512. The second kappa shape index (κ2) is 12.1. The maximum Gasteiger partial charge on any atom is 0.343 e. The van der Waals surface area contributed by atoms with E-state index in [1.807, 2.05) is 61.5 Å². The van der Waals surface area contributed by atoms with Crippen LogP contribution in [0.1, 0.15) is 46.3 Å². The van der Waals surface area contributed by atoms with Gasteiger partial charge in [0.15, 0.2) is 0 Å². The molecule has 0 radical (unpaired) electrons. The highest BCUT2D eigenvalue weighted by atomic mass is 16.5. The molecule has 0 fully saturated rings. The zero-order valence-electron chi connectivity index (χ0n) is 22.0. The Morgan fingerprint density at radius 1 is 0.900 bits per heavy atom. The Kier molecular flexibility index (Phi) is 7.98. The van der Waals surface area contributed by atoms with Crippen LogP contribution in [0.15, 0.2) is 109 Å². The Bertz CT molecular complexity index is 1560. The van der Waals surface area contributed by atoms with Crippen LogP contribution in [0.3, 0.4) is 0 Å². The summed E-state index contributed by atoms with van der Waals surface area (Å²) < 4.78 is 22.9. The number of fused-ring (bicyclic) bond motifs is 1. The minimum absolute atomic E-state index is 0.00977. The molecular weight excluding hydrogens is 504 g/mol. The van der Waals surface area contributed by atoms with Crippen LogP contribution in [0.25, 0.3) is 0 Å². The summed E-state index contributed by atoms with van der Waals surface area (Å²) in [5, 5.41) is 9.88. The summed E-state index contributed by atoms with van der Waals surface area (Å²) in [6.45, 7) is 3.09. The molecule has 0 amide bonds. The minimum Gasteiger partial charge on any atom is -0.494 e. The number of allylic oxidation sites excluding steroid dienone is 1. The smallest absolute Gasteiger partial charge is 0.343 e. The highest BCUT2D eigenvalue weighted by molar-refractivity contribution is 5.91. The van der Waals surface area contributed by atoms with E-state index in [2.05, 4.69) is 6.07 Å². The quantitative estimate of drug-likeness (QED) is 0.194. The highest BCUT2D eigenvalue weighted by Gasteiger charge is 2.31. The van der Waals surface area contributed by atoms with Crippen LogP contribution in [0.2, 0.25) is 0 Å². The fourth-order valence-corrected chi connectivity index (χ4v) is 4.41. The molecule has 40 heavy (non-hydrogen) atoms. The summed E-state index contributed by atoms with van der Waals surface area (Å²) >= 11 is 0.